The number of aromatic nitrogens is 4. The van der Waals surface area contributed by atoms with Crippen LogP contribution < -0.4 is 25.6 Å². The first-order chi connectivity index (χ1) is 17.1. The monoisotopic (exact) mass is 480 g/mol. The van der Waals surface area contributed by atoms with E-state index in [0.29, 0.717) is 48.3 Å². The van der Waals surface area contributed by atoms with Crippen molar-refractivity contribution in [3.63, 3.8) is 0 Å². The molecule has 35 heavy (non-hydrogen) atoms. The van der Waals surface area contributed by atoms with Crippen molar-refractivity contribution in [3.8, 4) is 17.1 Å². The van der Waals surface area contributed by atoms with Crippen molar-refractivity contribution in [2.45, 2.75) is 0 Å². The fourth-order valence-corrected chi connectivity index (χ4v) is 3.25. The Balaban J connectivity index is 1.36. The van der Waals surface area contributed by atoms with E-state index in [4.69, 9.17) is 14.6 Å². The maximum absolute atomic E-state index is 12.3. The smallest absolute Gasteiger partial charge is 0.326 e. The Morgan fingerprint density at radius 1 is 1.14 bits per heavy atom. The summed E-state index contributed by atoms with van der Waals surface area (Å²) in [5.41, 5.74) is 1.80. The summed E-state index contributed by atoms with van der Waals surface area (Å²) in [5.74, 6) is 1.20. The summed E-state index contributed by atoms with van der Waals surface area (Å²) in [6.07, 6.45) is 4.46. The first kappa shape index (κ1) is 23.8. The molecule has 4 N–H and O–H groups in total. The molecule has 13 heteroatoms. The van der Waals surface area contributed by atoms with Crippen LogP contribution in [0, 0.1) is 0 Å². The van der Waals surface area contributed by atoms with Crippen LogP contribution >= 0.6 is 0 Å². The lowest BCUT2D eigenvalue weighted by atomic mass is 10.2. The minimum absolute atomic E-state index is 0.0630. The fourth-order valence-electron chi connectivity index (χ4n) is 3.25. The summed E-state index contributed by atoms with van der Waals surface area (Å²) in [5, 5.41) is 17.2. The van der Waals surface area contributed by atoms with Crippen molar-refractivity contribution < 1.29 is 24.2 Å². The van der Waals surface area contributed by atoms with E-state index < -0.39 is 6.03 Å². The van der Waals surface area contributed by atoms with Gasteiger partial charge in [0.05, 0.1) is 32.1 Å². The summed E-state index contributed by atoms with van der Waals surface area (Å²) < 4.78 is 10.3. The summed E-state index contributed by atoms with van der Waals surface area (Å²) in [7, 11) is 1.50. The second-order valence-electron chi connectivity index (χ2n) is 7.28. The molecule has 1 aromatic carbocycles. The van der Waals surface area contributed by atoms with Gasteiger partial charge >= 0.3 is 6.03 Å². The number of carbonyl (C=O) groups is 2. The molecule has 1 aliphatic heterocycles. The van der Waals surface area contributed by atoms with E-state index >= 15 is 0 Å². The average Bonchev–Trinajstić information content (AvgIpc) is 2.88. The maximum Gasteiger partial charge on any atom is 0.326 e. The lowest BCUT2D eigenvalue weighted by Gasteiger charge is -2.26. The van der Waals surface area contributed by atoms with E-state index in [1.54, 1.807) is 29.2 Å². The Hall–Kier alpha value is -4.36. The first-order valence-corrected chi connectivity index (χ1v) is 10.7. The first-order valence-electron chi connectivity index (χ1n) is 10.7. The van der Waals surface area contributed by atoms with Gasteiger partial charge in [-0.3, -0.25) is 10.1 Å². The van der Waals surface area contributed by atoms with Crippen LogP contribution in [0.4, 0.5) is 27.9 Å². The van der Waals surface area contributed by atoms with Gasteiger partial charge in [-0.1, -0.05) is 0 Å². The molecule has 0 atom stereocenters. The van der Waals surface area contributed by atoms with Crippen LogP contribution in [0.1, 0.15) is 0 Å². The predicted octanol–water partition coefficient (Wildman–Crippen LogP) is 1.35. The van der Waals surface area contributed by atoms with E-state index in [2.05, 4.69) is 35.9 Å². The lowest BCUT2D eigenvalue weighted by molar-refractivity contribution is -0.125. The molecule has 0 bridgehead atoms. The number of hydrogen-bond acceptors (Lipinski definition) is 10. The van der Waals surface area contributed by atoms with Crippen molar-refractivity contribution in [3.05, 3.63) is 42.9 Å². The SMILES string of the molecule is COc1cnc(-c2cnc(NC(=O)Nc3ccc(N4CCOCC4=O)cc3)nc2)nc1NCCO. The number of urea groups is 1. The van der Waals surface area contributed by atoms with Crippen LogP contribution in [0.15, 0.2) is 42.9 Å². The van der Waals surface area contributed by atoms with Crippen molar-refractivity contribution >= 4 is 35.1 Å². The number of ether oxygens (including phenoxy) is 2. The van der Waals surface area contributed by atoms with E-state index in [-0.39, 0.29) is 25.1 Å². The van der Waals surface area contributed by atoms with Crippen LogP contribution in [0.5, 0.6) is 5.75 Å². The molecule has 1 fully saturated rings. The zero-order valence-electron chi connectivity index (χ0n) is 18.9. The van der Waals surface area contributed by atoms with E-state index in [1.807, 2.05) is 0 Å². The number of nitrogens with zero attached hydrogens (tertiary/aromatic N) is 5. The predicted molar refractivity (Wildman–Crippen MR) is 127 cm³/mol. The molecule has 0 saturated carbocycles. The molecule has 13 nitrogen and oxygen atoms in total. The third-order valence-electron chi connectivity index (χ3n) is 4.94. The highest BCUT2D eigenvalue weighted by atomic mass is 16.5. The van der Waals surface area contributed by atoms with Gasteiger partial charge in [0.25, 0.3) is 5.91 Å². The van der Waals surface area contributed by atoms with Gasteiger partial charge in [-0.25, -0.2) is 24.7 Å². The molecule has 182 valence electrons. The molecule has 1 aliphatic rings. The highest BCUT2D eigenvalue weighted by Gasteiger charge is 2.20. The Labute approximate surface area is 200 Å². The molecular weight excluding hydrogens is 456 g/mol. The number of amides is 3. The fraction of sp³-hybridized carbons (Fsp3) is 0.273. The van der Waals surface area contributed by atoms with Gasteiger partial charge < -0.3 is 30.1 Å². The van der Waals surface area contributed by atoms with Crippen molar-refractivity contribution in [2.24, 2.45) is 0 Å². The van der Waals surface area contributed by atoms with E-state index in [0.717, 1.165) is 5.69 Å². The third kappa shape index (κ3) is 5.96. The average molecular weight is 480 g/mol. The zero-order valence-corrected chi connectivity index (χ0v) is 18.9. The Morgan fingerprint density at radius 2 is 1.91 bits per heavy atom. The molecule has 3 heterocycles. The van der Waals surface area contributed by atoms with Crippen LogP contribution in [-0.2, 0) is 9.53 Å². The molecule has 3 aromatic rings. The number of methoxy groups -OCH3 is 1. The standard InChI is InChI=1S/C22H24N8O5/c1-34-17-12-24-19(28-20(17)23-6-8-31)14-10-25-21(26-11-14)29-22(33)27-15-2-4-16(5-3-15)30-7-9-35-13-18(30)32/h2-5,10-12,31H,6-9,13H2,1H3,(H,23,24,28)(H2,25,26,27,29,33). The second kappa shape index (κ2) is 11.2. The van der Waals surface area contributed by atoms with Gasteiger partial charge in [-0.2, -0.15) is 0 Å². The number of carbonyl (C=O) groups excluding carboxylic acids is 2. The van der Waals surface area contributed by atoms with Crippen LogP contribution in [-0.4, -0.2) is 77.0 Å². The molecule has 0 spiro atoms. The van der Waals surface area contributed by atoms with Crippen LogP contribution in [0.3, 0.4) is 0 Å². The molecule has 0 radical (unpaired) electrons. The Morgan fingerprint density at radius 3 is 2.60 bits per heavy atom. The van der Waals surface area contributed by atoms with Gasteiger partial charge in [0.2, 0.25) is 5.95 Å². The lowest BCUT2D eigenvalue weighted by Crippen LogP contribution is -2.41. The Bertz CT molecular complexity index is 1170. The topological polar surface area (TPSA) is 164 Å². The molecule has 0 unspecified atom stereocenters. The van der Waals surface area contributed by atoms with Gasteiger partial charge in [0.15, 0.2) is 17.4 Å². The zero-order chi connectivity index (χ0) is 24.6. The number of anilines is 4. The quantitative estimate of drug-likeness (QED) is 0.370. The van der Waals surface area contributed by atoms with Crippen molar-refractivity contribution in [2.75, 3.05) is 60.9 Å². The normalized spacial score (nSPS) is 13.3. The Kier molecular flexibility index (Phi) is 7.60. The van der Waals surface area contributed by atoms with E-state index in [1.165, 1.54) is 25.7 Å². The van der Waals surface area contributed by atoms with Gasteiger partial charge in [0, 0.05) is 36.9 Å². The third-order valence-corrected chi connectivity index (χ3v) is 4.94. The van der Waals surface area contributed by atoms with E-state index in [9.17, 15) is 9.59 Å². The number of morpholine rings is 1. The van der Waals surface area contributed by atoms with Crippen LogP contribution in [0.25, 0.3) is 11.4 Å². The number of benzene rings is 1. The molecular formula is C22H24N8O5. The summed E-state index contributed by atoms with van der Waals surface area (Å²) in [6, 6.07) is 6.38. The molecule has 1 saturated heterocycles. The summed E-state index contributed by atoms with van der Waals surface area (Å²) >= 11 is 0. The number of aliphatic hydroxyl groups is 1. The molecule has 0 aliphatic carbocycles. The second-order valence-corrected chi connectivity index (χ2v) is 7.28. The van der Waals surface area contributed by atoms with Gasteiger partial charge in [-0.05, 0) is 24.3 Å². The number of nitrogens with one attached hydrogen (secondary N) is 3. The molecule has 4 rings (SSSR count). The minimum atomic E-state index is -0.524. The number of aliphatic hydroxyl groups excluding tert-OH is 1. The highest BCUT2D eigenvalue weighted by molar-refractivity contribution is 5.99. The minimum Gasteiger partial charge on any atom is -0.491 e. The number of rotatable bonds is 8. The summed E-state index contributed by atoms with van der Waals surface area (Å²) in [6.45, 7) is 1.27. The van der Waals surface area contributed by atoms with Crippen molar-refractivity contribution in [1.82, 2.24) is 19.9 Å². The summed E-state index contributed by atoms with van der Waals surface area (Å²) in [4.78, 5) is 42.8. The maximum atomic E-state index is 12.3. The van der Waals surface area contributed by atoms with Gasteiger partial charge in [-0.15, -0.1) is 0 Å². The van der Waals surface area contributed by atoms with Gasteiger partial charge in [0.1, 0.15) is 6.61 Å². The molecule has 3 amide bonds. The van der Waals surface area contributed by atoms with Crippen molar-refractivity contribution in [1.29, 1.82) is 0 Å². The highest BCUT2D eigenvalue weighted by Crippen LogP contribution is 2.24. The molecule has 2 aromatic heterocycles. The van der Waals surface area contributed by atoms with Crippen LogP contribution in [0.2, 0.25) is 0 Å². The number of hydrogen-bond donors (Lipinski definition) is 4. The largest absolute Gasteiger partial charge is 0.491 e.